The summed E-state index contributed by atoms with van der Waals surface area (Å²) in [5, 5.41) is 3.05. The molecular weight excluding hydrogens is 438 g/mol. The summed E-state index contributed by atoms with van der Waals surface area (Å²) in [6.07, 6.45) is 0. The molecule has 2 heterocycles. The van der Waals surface area contributed by atoms with E-state index in [-0.39, 0.29) is 17.9 Å². The van der Waals surface area contributed by atoms with Gasteiger partial charge in [-0.15, -0.1) is 0 Å². The molecule has 7 heteroatoms. The van der Waals surface area contributed by atoms with E-state index in [1.165, 1.54) is 11.1 Å². The van der Waals surface area contributed by atoms with Gasteiger partial charge in [-0.1, -0.05) is 42.5 Å². The third-order valence-corrected chi connectivity index (χ3v) is 7.49. The Balaban J connectivity index is 1.19. The van der Waals surface area contributed by atoms with Crippen LogP contribution in [0.15, 0.2) is 48.5 Å². The maximum atomic E-state index is 13.2. The molecule has 2 fully saturated rings. The number of carbonyl (C=O) groups excluding carboxylic acids is 2. The molecule has 1 atom stereocenters. The number of carbonyl (C=O) groups is 2. The molecule has 1 N–H and O–H groups in total. The van der Waals surface area contributed by atoms with E-state index in [1.54, 1.807) is 0 Å². The first-order valence-electron chi connectivity index (χ1n) is 12.8. The molecule has 1 unspecified atom stereocenters. The monoisotopic (exact) mass is 477 g/mol. The lowest BCUT2D eigenvalue weighted by molar-refractivity contribution is -0.139. The van der Waals surface area contributed by atoms with E-state index < -0.39 is 0 Å². The lowest BCUT2D eigenvalue weighted by atomic mass is 10.1. The third-order valence-electron chi connectivity index (χ3n) is 7.49. The van der Waals surface area contributed by atoms with Crippen molar-refractivity contribution in [3.63, 3.8) is 0 Å². The lowest BCUT2D eigenvalue weighted by Gasteiger charge is -2.41. The Bertz CT molecular complexity index is 996. The molecule has 0 bridgehead atoms. The molecule has 2 aliphatic heterocycles. The van der Waals surface area contributed by atoms with Gasteiger partial charge in [0.1, 0.15) is 0 Å². The van der Waals surface area contributed by atoms with Crippen molar-refractivity contribution >= 4 is 17.5 Å². The van der Waals surface area contributed by atoms with Crippen LogP contribution in [0, 0.1) is 13.8 Å². The highest BCUT2D eigenvalue weighted by molar-refractivity contribution is 5.93. The predicted octanol–water partition coefficient (Wildman–Crippen LogP) is 2.59. The van der Waals surface area contributed by atoms with Gasteiger partial charge in [0, 0.05) is 64.6 Å². The molecule has 0 aromatic heterocycles. The number of piperazine rings is 2. The van der Waals surface area contributed by atoms with Gasteiger partial charge in [-0.2, -0.15) is 0 Å². The van der Waals surface area contributed by atoms with Crippen molar-refractivity contribution in [1.82, 2.24) is 19.6 Å². The first-order valence-corrected chi connectivity index (χ1v) is 12.8. The van der Waals surface area contributed by atoms with Gasteiger partial charge in [0.25, 0.3) is 0 Å². The molecular formula is C28H39N5O2. The summed E-state index contributed by atoms with van der Waals surface area (Å²) >= 11 is 0. The Morgan fingerprint density at radius 3 is 2.17 bits per heavy atom. The number of aryl methyl sites for hydroxylation is 1. The van der Waals surface area contributed by atoms with Crippen molar-refractivity contribution in [2.24, 2.45) is 0 Å². The van der Waals surface area contributed by atoms with Crippen LogP contribution in [-0.4, -0.2) is 96.4 Å². The standard InChI is InChI=1S/C28H39N5O2/c1-22-8-7-11-26(23(22)2)29-27(34)21-31-12-16-32(17-13-31)24(3)28(35)33-18-14-30(15-19-33)20-25-9-5-4-6-10-25/h4-11,24H,12-21H2,1-3H3,(H,29,34). The minimum absolute atomic E-state index is 0.0182. The molecule has 7 nitrogen and oxygen atoms in total. The van der Waals surface area contributed by atoms with E-state index in [4.69, 9.17) is 0 Å². The van der Waals surface area contributed by atoms with Gasteiger partial charge in [-0.3, -0.25) is 24.3 Å². The molecule has 188 valence electrons. The van der Waals surface area contributed by atoms with Crippen LogP contribution in [-0.2, 0) is 16.1 Å². The van der Waals surface area contributed by atoms with Crippen molar-refractivity contribution in [2.45, 2.75) is 33.4 Å². The summed E-state index contributed by atoms with van der Waals surface area (Å²) in [6.45, 7) is 14.0. The molecule has 2 aromatic carbocycles. The summed E-state index contributed by atoms with van der Waals surface area (Å²) in [6, 6.07) is 16.4. The number of nitrogens with one attached hydrogen (secondary N) is 1. The number of benzene rings is 2. The van der Waals surface area contributed by atoms with Gasteiger partial charge in [-0.25, -0.2) is 0 Å². The van der Waals surface area contributed by atoms with Crippen LogP contribution in [0.4, 0.5) is 5.69 Å². The predicted molar refractivity (Wildman–Crippen MR) is 140 cm³/mol. The minimum atomic E-state index is -0.124. The Kier molecular flexibility index (Phi) is 8.55. The van der Waals surface area contributed by atoms with Crippen molar-refractivity contribution < 1.29 is 9.59 Å². The number of amides is 2. The van der Waals surface area contributed by atoms with Crippen LogP contribution >= 0.6 is 0 Å². The second-order valence-electron chi connectivity index (χ2n) is 9.87. The number of anilines is 1. The summed E-state index contributed by atoms with van der Waals surface area (Å²) in [7, 11) is 0. The number of hydrogen-bond acceptors (Lipinski definition) is 5. The van der Waals surface area contributed by atoms with Gasteiger partial charge in [0.05, 0.1) is 12.6 Å². The van der Waals surface area contributed by atoms with Crippen molar-refractivity contribution in [1.29, 1.82) is 0 Å². The zero-order valence-corrected chi connectivity index (χ0v) is 21.4. The average molecular weight is 478 g/mol. The van der Waals surface area contributed by atoms with Gasteiger partial charge in [0.15, 0.2) is 0 Å². The minimum Gasteiger partial charge on any atom is -0.339 e. The SMILES string of the molecule is Cc1cccc(NC(=O)CN2CCN(C(C)C(=O)N3CCN(Cc4ccccc4)CC3)CC2)c1C. The maximum absolute atomic E-state index is 13.2. The first kappa shape index (κ1) is 25.4. The molecule has 0 spiro atoms. The van der Waals surface area contributed by atoms with Crippen LogP contribution in [0.1, 0.15) is 23.6 Å². The second kappa shape index (κ2) is 11.8. The number of hydrogen-bond donors (Lipinski definition) is 1. The summed E-state index contributed by atoms with van der Waals surface area (Å²) in [4.78, 5) is 34.6. The molecule has 2 amide bonds. The summed E-state index contributed by atoms with van der Waals surface area (Å²) in [5.41, 5.74) is 4.49. The average Bonchev–Trinajstić information content (AvgIpc) is 2.87. The fraction of sp³-hybridized carbons (Fsp3) is 0.500. The number of nitrogens with zero attached hydrogens (tertiary/aromatic N) is 4. The molecule has 0 radical (unpaired) electrons. The van der Waals surface area contributed by atoms with Crippen molar-refractivity contribution in [3.8, 4) is 0 Å². The quantitative estimate of drug-likeness (QED) is 0.664. The molecule has 2 aromatic rings. The zero-order valence-electron chi connectivity index (χ0n) is 21.4. The summed E-state index contributed by atoms with van der Waals surface area (Å²) in [5.74, 6) is 0.245. The van der Waals surface area contributed by atoms with Crippen LogP contribution in [0.3, 0.4) is 0 Å². The van der Waals surface area contributed by atoms with Crippen LogP contribution < -0.4 is 5.32 Å². The molecule has 0 aliphatic carbocycles. The van der Waals surface area contributed by atoms with Gasteiger partial charge in [0.2, 0.25) is 11.8 Å². The van der Waals surface area contributed by atoms with Crippen molar-refractivity contribution in [2.75, 3.05) is 64.2 Å². The fourth-order valence-corrected chi connectivity index (χ4v) is 4.98. The van der Waals surface area contributed by atoms with E-state index in [1.807, 2.05) is 36.9 Å². The normalized spacial score (nSPS) is 18.9. The fourth-order valence-electron chi connectivity index (χ4n) is 4.98. The highest BCUT2D eigenvalue weighted by Gasteiger charge is 2.30. The lowest BCUT2D eigenvalue weighted by Crippen LogP contribution is -2.57. The molecule has 2 saturated heterocycles. The molecule has 2 aliphatic rings. The highest BCUT2D eigenvalue weighted by atomic mass is 16.2. The van der Waals surface area contributed by atoms with Gasteiger partial charge in [-0.05, 0) is 43.5 Å². The Morgan fingerprint density at radius 1 is 0.829 bits per heavy atom. The smallest absolute Gasteiger partial charge is 0.239 e. The van der Waals surface area contributed by atoms with E-state index >= 15 is 0 Å². The van der Waals surface area contributed by atoms with Gasteiger partial charge < -0.3 is 10.2 Å². The topological polar surface area (TPSA) is 59.1 Å². The van der Waals surface area contributed by atoms with E-state index in [0.29, 0.717) is 6.54 Å². The maximum Gasteiger partial charge on any atom is 0.239 e. The Hall–Kier alpha value is -2.74. The van der Waals surface area contributed by atoms with Crippen molar-refractivity contribution in [3.05, 3.63) is 65.2 Å². The second-order valence-corrected chi connectivity index (χ2v) is 9.87. The van der Waals surface area contributed by atoms with Crippen LogP contribution in [0.5, 0.6) is 0 Å². The van der Waals surface area contributed by atoms with Crippen LogP contribution in [0.25, 0.3) is 0 Å². The van der Waals surface area contributed by atoms with E-state index in [2.05, 4.69) is 57.3 Å². The molecule has 4 rings (SSSR count). The Morgan fingerprint density at radius 2 is 1.49 bits per heavy atom. The number of rotatable bonds is 7. The molecule has 35 heavy (non-hydrogen) atoms. The zero-order chi connectivity index (χ0) is 24.8. The van der Waals surface area contributed by atoms with Gasteiger partial charge >= 0.3 is 0 Å². The Labute approximate surface area is 209 Å². The highest BCUT2D eigenvalue weighted by Crippen LogP contribution is 2.18. The summed E-state index contributed by atoms with van der Waals surface area (Å²) < 4.78 is 0. The molecule has 0 saturated carbocycles. The van der Waals surface area contributed by atoms with E-state index in [0.717, 1.165) is 70.2 Å². The third kappa shape index (κ3) is 6.69. The largest absolute Gasteiger partial charge is 0.339 e. The van der Waals surface area contributed by atoms with Crippen LogP contribution in [0.2, 0.25) is 0 Å². The van der Waals surface area contributed by atoms with E-state index in [9.17, 15) is 9.59 Å². The first-order chi connectivity index (χ1) is 16.9.